The molecule has 2 nitrogen and oxygen atoms in total. The molecule has 2 atom stereocenters. The maximum absolute atomic E-state index is 13.7. The Hall–Kier alpha value is -0.450. The van der Waals surface area contributed by atoms with Crippen molar-refractivity contribution in [2.45, 2.75) is 6.54 Å². The van der Waals surface area contributed by atoms with Crippen LogP contribution in [0.2, 0.25) is 0 Å². The summed E-state index contributed by atoms with van der Waals surface area (Å²) < 4.78 is 14.5. The second kappa shape index (κ2) is 4.67. The highest BCUT2D eigenvalue weighted by atomic mass is 79.9. The van der Waals surface area contributed by atoms with Gasteiger partial charge in [0.1, 0.15) is 5.82 Å². The highest BCUT2D eigenvalue weighted by molar-refractivity contribution is 9.10. The monoisotopic (exact) mass is 298 g/mol. The predicted octanol–water partition coefficient (Wildman–Crippen LogP) is 2.24. The Labute approximate surface area is 109 Å². The number of fused-ring (bicyclic) bond motifs is 1. The van der Waals surface area contributed by atoms with Crippen molar-refractivity contribution in [2.24, 2.45) is 11.8 Å². The van der Waals surface area contributed by atoms with Crippen molar-refractivity contribution in [3.8, 4) is 0 Å². The van der Waals surface area contributed by atoms with Gasteiger partial charge in [0, 0.05) is 29.7 Å². The summed E-state index contributed by atoms with van der Waals surface area (Å²) in [5.41, 5.74) is 0.807. The third-order valence-corrected chi connectivity index (χ3v) is 4.37. The standard InChI is InChI=1S/C13H16BrFN2/c14-12-2-1-9(13(15)3-12)6-17-7-10-4-16-5-11(10)8-17/h1-3,10-11,16H,4-8H2/t10-,11+. The molecule has 0 spiro atoms. The van der Waals surface area contributed by atoms with Crippen LogP contribution in [0.15, 0.2) is 22.7 Å². The van der Waals surface area contributed by atoms with Crippen LogP contribution in [0.1, 0.15) is 5.56 Å². The molecule has 2 aliphatic heterocycles. The summed E-state index contributed by atoms with van der Waals surface area (Å²) in [5, 5.41) is 3.42. The van der Waals surface area contributed by atoms with Gasteiger partial charge in [0.15, 0.2) is 0 Å². The summed E-state index contributed by atoms with van der Waals surface area (Å²) in [6, 6.07) is 5.34. The zero-order valence-electron chi connectivity index (χ0n) is 9.63. The molecule has 2 fully saturated rings. The predicted molar refractivity (Wildman–Crippen MR) is 69.2 cm³/mol. The second-order valence-corrected chi connectivity index (χ2v) is 6.02. The molecule has 3 rings (SSSR count). The lowest BCUT2D eigenvalue weighted by molar-refractivity contribution is 0.301. The number of halogens is 2. The van der Waals surface area contributed by atoms with Gasteiger partial charge in [-0.05, 0) is 37.1 Å². The molecule has 0 amide bonds. The lowest BCUT2D eigenvalue weighted by atomic mass is 10.0. The van der Waals surface area contributed by atoms with Gasteiger partial charge in [-0.25, -0.2) is 4.39 Å². The molecule has 4 heteroatoms. The number of nitrogens with one attached hydrogen (secondary N) is 1. The Morgan fingerprint density at radius 3 is 2.65 bits per heavy atom. The number of nitrogens with zero attached hydrogens (tertiary/aromatic N) is 1. The van der Waals surface area contributed by atoms with E-state index in [0.717, 1.165) is 54.6 Å². The molecule has 1 aromatic rings. The zero-order valence-corrected chi connectivity index (χ0v) is 11.2. The topological polar surface area (TPSA) is 15.3 Å². The molecule has 0 bridgehead atoms. The summed E-state index contributed by atoms with van der Waals surface area (Å²) >= 11 is 3.29. The zero-order chi connectivity index (χ0) is 11.8. The van der Waals surface area contributed by atoms with E-state index < -0.39 is 0 Å². The van der Waals surface area contributed by atoms with Crippen LogP contribution in [-0.2, 0) is 6.54 Å². The van der Waals surface area contributed by atoms with Gasteiger partial charge >= 0.3 is 0 Å². The number of rotatable bonds is 2. The molecule has 1 aromatic carbocycles. The minimum absolute atomic E-state index is 0.102. The fourth-order valence-corrected chi connectivity index (χ4v) is 3.31. The smallest absolute Gasteiger partial charge is 0.128 e. The fraction of sp³-hybridized carbons (Fsp3) is 0.538. The maximum Gasteiger partial charge on any atom is 0.128 e. The lowest BCUT2D eigenvalue weighted by Crippen LogP contribution is -2.25. The SMILES string of the molecule is Fc1cc(Br)ccc1CN1C[C@H]2CNC[C@H]2C1. The van der Waals surface area contributed by atoms with Crippen LogP contribution >= 0.6 is 15.9 Å². The minimum Gasteiger partial charge on any atom is -0.316 e. The Kier molecular flexibility index (Phi) is 3.19. The third kappa shape index (κ3) is 2.39. The van der Waals surface area contributed by atoms with Crippen molar-refractivity contribution >= 4 is 15.9 Å². The molecule has 0 aliphatic carbocycles. The largest absolute Gasteiger partial charge is 0.316 e. The van der Waals surface area contributed by atoms with Crippen molar-refractivity contribution < 1.29 is 4.39 Å². The lowest BCUT2D eigenvalue weighted by Gasteiger charge is -2.17. The van der Waals surface area contributed by atoms with Crippen LogP contribution in [0, 0.1) is 17.7 Å². The van der Waals surface area contributed by atoms with Gasteiger partial charge in [-0.3, -0.25) is 4.90 Å². The molecule has 2 aliphatic rings. The summed E-state index contributed by atoms with van der Waals surface area (Å²) in [5.74, 6) is 1.44. The van der Waals surface area contributed by atoms with E-state index in [9.17, 15) is 4.39 Å². The van der Waals surface area contributed by atoms with E-state index in [1.54, 1.807) is 6.07 Å². The second-order valence-electron chi connectivity index (χ2n) is 5.11. The van der Waals surface area contributed by atoms with Crippen LogP contribution in [0.25, 0.3) is 0 Å². The molecular weight excluding hydrogens is 283 g/mol. The highest BCUT2D eigenvalue weighted by Crippen LogP contribution is 2.28. The fourth-order valence-electron chi connectivity index (χ4n) is 2.97. The molecule has 0 aromatic heterocycles. The number of hydrogen-bond acceptors (Lipinski definition) is 2. The summed E-state index contributed by atoms with van der Waals surface area (Å²) in [4.78, 5) is 2.38. The van der Waals surface area contributed by atoms with Gasteiger partial charge in [0.2, 0.25) is 0 Å². The van der Waals surface area contributed by atoms with E-state index >= 15 is 0 Å². The summed E-state index contributed by atoms with van der Waals surface area (Å²) in [7, 11) is 0. The number of benzene rings is 1. The Bertz CT molecular complexity index is 412. The normalized spacial score (nSPS) is 28.6. The quantitative estimate of drug-likeness (QED) is 0.901. The first-order valence-electron chi connectivity index (χ1n) is 6.09. The van der Waals surface area contributed by atoms with Gasteiger partial charge in [-0.15, -0.1) is 0 Å². The molecule has 0 saturated carbocycles. The average Bonchev–Trinajstić information content (AvgIpc) is 2.82. The van der Waals surface area contributed by atoms with Crippen molar-refractivity contribution in [2.75, 3.05) is 26.2 Å². The first-order valence-corrected chi connectivity index (χ1v) is 6.88. The van der Waals surface area contributed by atoms with Crippen LogP contribution < -0.4 is 5.32 Å². The Balaban J connectivity index is 1.67. The Morgan fingerprint density at radius 1 is 1.29 bits per heavy atom. The summed E-state index contributed by atoms with van der Waals surface area (Å²) in [6.07, 6.45) is 0. The van der Waals surface area contributed by atoms with Gasteiger partial charge in [0.05, 0.1) is 0 Å². The molecule has 0 radical (unpaired) electrons. The van der Waals surface area contributed by atoms with Gasteiger partial charge in [0.25, 0.3) is 0 Å². The third-order valence-electron chi connectivity index (χ3n) is 3.87. The summed E-state index contributed by atoms with van der Waals surface area (Å²) in [6.45, 7) is 5.21. The van der Waals surface area contributed by atoms with Crippen molar-refractivity contribution in [1.82, 2.24) is 10.2 Å². The first kappa shape index (κ1) is 11.6. The molecular formula is C13H16BrFN2. The van der Waals surface area contributed by atoms with Crippen molar-refractivity contribution in [3.63, 3.8) is 0 Å². The van der Waals surface area contributed by atoms with Crippen molar-refractivity contribution in [3.05, 3.63) is 34.1 Å². The van der Waals surface area contributed by atoms with Crippen LogP contribution in [0.3, 0.4) is 0 Å². The molecule has 2 heterocycles. The van der Waals surface area contributed by atoms with Gasteiger partial charge in [-0.2, -0.15) is 0 Å². The van der Waals surface area contributed by atoms with E-state index in [0.29, 0.717) is 0 Å². The number of likely N-dealkylation sites (tertiary alicyclic amines) is 1. The molecule has 17 heavy (non-hydrogen) atoms. The Morgan fingerprint density at radius 2 is 2.00 bits per heavy atom. The molecule has 2 saturated heterocycles. The van der Waals surface area contributed by atoms with E-state index in [4.69, 9.17) is 0 Å². The van der Waals surface area contributed by atoms with E-state index in [1.807, 2.05) is 12.1 Å². The molecule has 1 N–H and O–H groups in total. The van der Waals surface area contributed by atoms with E-state index in [-0.39, 0.29) is 5.82 Å². The average molecular weight is 299 g/mol. The minimum atomic E-state index is -0.102. The van der Waals surface area contributed by atoms with Crippen LogP contribution in [-0.4, -0.2) is 31.1 Å². The van der Waals surface area contributed by atoms with E-state index in [2.05, 4.69) is 26.1 Å². The van der Waals surface area contributed by atoms with E-state index in [1.165, 1.54) is 0 Å². The van der Waals surface area contributed by atoms with Crippen molar-refractivity contribution in [1.29, 1.82) is 0 Å². The molecule has 92 valence electrons. The van der Waals surface area contributed by atoms with Crippen LogP contribution in [0.5, 0.6) is 0 Å². The maximum atomic E-state index is 13.7. The van der Waals surface area contributed by atoms with Crippen LogP contribution in [0.4, 0.5) is 4.39 Å². The molecule has 0 unspecified atom stereocenters. The highest BCUT2D eigenvalue weighted by Gasteiger charge is 2.35. The van der Waals surface area contributed by atoms with Gasteiger partial charge in [-0.1, -0.05) is 22.0 Å². The number of hydrogen-bond donors (Lipinski definition) is 1. The first-order chi connectivity index (χ1) is 8.22. The van der Waals surface area contributed by atoms with Gasteiger partial charge < -0.3 is 5.32 Å².